The third kappa shape index (κ3) is 1.26. The molecule has 0 bridgehead atoms. The van der Waals surface area contributed by atoms with Crippen molar-refractivity contribution in [3.63, 3.8) is 0 Å². The van der Waals surface area contributed by atoms with Crippen LogP contribution in [-0.2, 0) is 0 Å². The molecule has 0 aliphatic heterocycles. The molecule has 2 aromatic rings. The minimum Gasteiger partial charge on any atom is -0.258 e. The maximum absolute atomic E-state index is 5.63. The fourth-order valence-electron chi connectivity index (χ4n) is 0.773. The predicted molar refractivity (Wildman–Crippen MR) is 42.0 cm³/mol. The van der Waals surface area contributed by atoms with Gasteiger partial charge in [-0.2, -0.15) is 0 Å². The van der Waals surface area contributed by atoms with Crippen LogP contribution in [0.3, 0.4) is 0 Å². The van der Waals surface area contributed by atoms with Crippen molar-refractivity contribution in [1.29, 1.82) is 0 Å². The summed E-state index contributed by atoms with van der Waals surface area (Å²) in [4.78, 5) is 7.84. The van der Waals surface area contributed by atoms with Gasteiger partial charge in [-0.15, -0.1) is 5.10 Å². The van der Waals surface area contributed by atoms with Crippen LogP contribution in [0.5, 0.6) is 0 Å². The zero-order valence-corrected chi connectivity index (χ0v) is 6.68. The molecule has 5 nitrogen and oxygen atoms in total. The molecule has 0 aliphatic rings. The number of aromatic nitrogens is 5. The van der Waals surface area contributed by atoms with Crippen LogP contribution in [0.15, 0.2) is 24.8 Å². The van der Waals surface area contributed by atoms with Crippen molar-refractivity contribution in [3.05, 3.63) is 29.9 Å². The normalized spacial score (nSPS) is 10.1. The van der Waals surface area contributed by atoms with E-state index in [1.165, 1.54) is 10.9 Å². The molecule has 2 heterocycles. The molecule has 0 saturated carbocycles. The third-order valence-electron chi connectivity index (χ3n) is 1.25. The van der Waals surface area contributed by atoms with E-state index in [0.29, 0.717) is 11.0 Å². The molecular weight excluding hydrogens is 178 g/mol. The minimum absolute atomic E-state index is 0.336. The summed E-state index contributed by atoms with van der Waals surface area (Å²) >= 11 is 5.63. The van der Waals surface area contributed by atoms with E-state index in [-0.39, 0.29) is 0 Å². The predicted octanol–water partition coefficient (Wildman–Crippen LogP) is 0.711. The van der Waals surface area contributed by atoms with Crippen LogP contribution in [0, 0.1) is 0 Å². The highest BCUT2D eigenvalue weighted by Gasteiger charge is 1.98. The van der Waals surface area contributed by atoms with E-state index in [4.69, 9.17) is 11.6 Å². The van der Waals surface area contributed by atoms with Gasteiger partial charge in [-0.25, -0.2) is 9.67 Å². The average Bonchev–Trinajstić information content (AvgIpc) is 2.56. The van der Waals surface area contributed by atoms with Gasteiger partial charge < -0.3 is 0 Å². The Labute approximate surface area is 73.0 Å². The summed E-state index contributed by atoms with van der Waals surface area (Å²) in [5, 5.41) is 7.70. The summed E-state index contributed by atoms with van der Waals surface area (Å²) < 4.78 is 1.48. The van der Waals surface area contributed by atoms with Gasteiger partial charge in [-0.1, -0.05) is 16.8 Å². The van der Waals surface area contributed by atoms with Crippen LogP contribution in [0.2, 0.25) is 5.15 Å². The molecule has 2 aromatic heterocycles. The number of halogens is 1. The SMILES string of the molecule is Clc1cncc(-n2ccnn2)n1. The molecule has 0 aromatic carbocycles. The summed E-state index contributed by atoms with van der Waals surface area (Å²) in [6.07, 6.45) is 6.24. The van der Waals surface area contributed by atoms with E-state index in [1.807, 2.05) is 0 Å². The maximum Gasteiger partial charge on any atom is 0.175 e. The Morgan fingerprint density at radius 1 is 1.33 bits per heavy atom. The molecule has 0 radical (unpaired) electrons. The van der Waals surface area contributed by atoms with Crippen LogP contribution in [0.25, 0.3) is 5.82 Å². The van der Waals surface area contributed by atoms with E-state index in [1.54, 1.807) is 18.6 Å². The summed E-state index contributed by atoms with van der Waals surface area (Å²) in [5.74, 6) is 0.556. The molecule has 0 spiro atoms. The monoisotopic (exact) mass is 181 g/mol. The largest absolute Gasteiger partial charge is 0.258 e. The fourth-order valence-corrected chi connectivity index (χ4v) is 0.916. The first kappa shape index (κ1) is 7.17. The number of nitrogens with zero attached hydrogens (tertiary/aromatic N) is 5. The second-order valence-corrected chi connectivity index (χ2v) is 2.43. The lowest BCUT2D eigenvalue weighted by Gasteiger charge is -1.96. The average molecular weight is 182 g/mol. The Balaban J connectivity index is 2.48. The van der Waals surface area contributed by atoms with Gasteiger partial charge in [0.2, 0.25) is 0 Å². The van der Waals surface area contributed by atoms with Gasteiger partial charge in [0, 0.05) is 0 Å². The van der Waals surface area contributed by atoms with E-state index < -0.39 is 0 Å². The molecule has 6 heteroatoms. The molecule has 0 amide bonds. The Hall–Kier alpha value is -1.49. The van der Waals surface area contributed by atoms with Gasteiger partial charge in [-0.05, 0) is 0 Å². The van der Waals surface area contributed by atoms with Crippen molar-refractivity contribution in [1.82, 2.24) is 25.0 Å². The summed E-state index contributed by atoms with van der Waals surface area (Å²) in [7, 11) is 0. The maximum atomic E-state index is 5.63. The van der Waals surface area contributed by atoms with Gasteiger partial charge in [0.1, 0.15) is 5.15 Å². The molecule has 0 saturated heterocycles. The number of hydrogen-bond acceptors (Lipinski definition) is 4. The first-order valence-corrected chi connectivity index (χ1v) is 3.58. The quantitative estimate of drug-likeness (QED) is 0.650. The Kier molecular flexibility index (Phi) is 1.71. The summed E-state index contributed by atoms with van der Waals surface area (Å²) in [6, 6.07) is 0. The molecule has 0 aliphatic carbocycles. The van der Waals surface area contributed by atoms with Crippen LogP contribution in [0.1, 0.15) is 0 Å². The highest BCUT2D eigenvalue weighted by Crippen LogP contribution is 2.04. The van der Waals surface area contributed by atoms with Crippen LogP contribution in [-0.4, -0.2) is 25.0 Å². The highest BCUT2D eigenvalue weighted by molar-refractivity contribution is 6.29. The fraction of sp³-hybridized carbons (Fsp3) is 0. The number of hydrogen-bond donors (Lipinski definition) is 0. The van der Waals surface area contributed by atoms with Crippen molar-refractivity contribution in [2.45, 2.75) is 0 Å². The first-order valence-electron chi connectivity index (χ1n) is 3.20. The lowest BCUT2D eigenvalue weighted by molar-refractivity contribution is 0.776. The second kappa shape index (κ2) is 2.86. The molecule has 12 heavy (non-hydrogen) atoms. The lowest BCUT2D eigenvalue weighted by atomic mass is 10.6. The van der Waals surface area contributed by atoms with Crippen molar-refractivity contribution in [3.8, 4) is 5.82 Å². The Morgan fingerprint density at radius 3 is 2.92 bits per heavy atom. The third-order valence-corrected chi connectivity index (χ3v) is 1.43. The van der Waals surface area contributed by atoms with E-state index >= 15 is 0 Å². The van der Waals surface area contributed by atoms with Crippen molar-refractivity contribution in [2.75, 3.05) is 0 Å². The molecule has 2 rings (SSSR count). The lowest BCUT2D eigenvalue weighted by Crippen LogP contribution is -1.98. The first-order chi connectivity index (χ1) is 5.86. The van der Waals surface area contributed by atoms with Gasteiger partial charge in [0.15, 0.2) is 5.82 Å². The number of rotatable bonds is 1. The van der Waals surface area contributed by atoms with Gasteiger partial charge in [-0.3, -0.25) is 4.98 Å². The van der Waals surface area contributed by atoms with Gasteiger partial charge in [0.05, 0.1) is 24.8 Å². The molecule has 0 unspecified atom stereocenters. The summed E-state index contributed by atoms with van der Waals surface area (Å²) in [5.41, 5.74) is 0. The van der Waals surface area contributed by atoms with Crippen LogP contribution in [0.4, 0.5) is 0 Å². The Bertz CT molecular complexity index is 371. The highest BCUT2D eigenvalue weighted by atomic mass is 35.5. The molecule has 0 N–H and O–H groups in total. The topological polar surface area (TPSA) is 56.5 Å². The molecule has 0 atom stereocenters. The summed E-state index contributed by atoms with van der Waals surface area (Å²) in [6.45, 7) is 0. The minimum atomic E-state index is 0.336. The van der Waals surface area contributed by atoms with Crippen molar-refractivity contribution in [2.24, 2.45) is 0 Å². The van der Waals surface area contributed by atoms with E-state index in [9.17, 15) is 0 Å². The van der Waals surface area contributed by atoms with E-state index in [2.05, 4.69) is 20.3 Å². The second-order valence-electron chi connectivity index (χ2n) is 2.05. The van der Waals surface area contributed by atoms with Crippen molar-refractivity contribution >= 4 is 11.6 Å². The van der Waals surface area contributed by atoms with Crippen molar-refractivity contribution < 1.29 is 0 Å². The van der Waals surface area contributed by atoms with E-state index in [0.717, 1.165) is 0 Å². The molecule has 0 fully saturated rings. The van der Waals surface area contributed by atoms with Crippen LogP contribution < -0.4 is 0 Å². The van der Waals surface area contributed by atoms with Gasteiger partial charge >= 0.3 is 0 Å². The standard InChI is InChI=1S/C6H4ClN5/c7-5-3-8-4-6(10-5)12-2-1-9-11-12/h1-4H. The van der Waals surface area contributed by atoms with Gasteiger partial charge in [0.25, 0.3) is 0 Å². The van der Waals surface area contributed by atoms with Crippen LogP contribution >= 0.6 is 11.6 Å². The molecule has 60 valence electrons. The zero-order chi connectivity index (χ0) is 8.39. The zero-order valence-electron chi connectivity index (χ0n) is 5.92. The molecular formula is C6H4ClN5. The Morgan fingerprint density at radius 2 is 2.25 bits per heavy atom. The smallest absolute Gasteiger partial charge is 0.175 e.